The lowest BCUT2D eigenvalue weighted by Gasteiger charge is -2.11. The molecule has 0 spiro atoms. The number of hydrogen-bond acceptors (Lipinski definition) is 5. The Labute approximate surface area is 158 Å². The molecule has 1 aliphatic heterocycles. The van der Waals surface area contributed by atoms with E-state index in [0.29, 0.717) is 24.2 Å². The molecule has 3 rings (SSSR count). The predicted octanol–water partition coefficient (Wildman–Crippen LogP) is 2.38. The van der Waals surface area contributed by atoms with Gasteiger partial charge in [-0.25, -0.2) is 8.42 Å². The normalized spacial score (nSPS) is 18.8. The number of sulfone groups is 1. The number of benzene rings is 1. The van der Waals surface area contributed by atoms with Crippen LogP contribution in [0.3, 0.4) is 0 Å². The molecule has 2 heterocycles. The zero-order valence-corrected chi connectivity index (χ0v) is 16.6. The Balaban J connectivity index is 1.61. The number of nitrogens with zero attached hydrogens (tertiary/aromatic N) is 2. The SMILES string of the molecule is Cc1nn([C@@H]2CCS(=O)(=O)C2)c(C)c1C(=O)NCCSc1ccccc1. The Kier molecular flexibility index (Phi) is 5.72. The minimum Gasteiger partial charge on any atom is -0.351 e. The fourth-order valence-electron chi connectivity index (χ4n) is 3.25. The van der Waals surface area contributed by atoms with E-state index in [1.165, 1.54) is 4.90 Å². The molecule has 0 aliphatic carbocycles. The van der Waals surface area contributed by atoms with Gasteiger partial charge in [0.15, 0.2) is 9.84 Å². The first kappa shape index (κ1) is 19.0. The standard InChI is InChI=1S/C18H23N3O3S2/c1-13-17(14(2)21(20-13)15-8-11-26(23,24)12-15)18(22)19-9-10-25-16-6-4-3-5-7-16/h3-7,15H,8-12H2,1-2H3,(H,19,22)/t15-/m1/s1. The number of nitrogens with one attached hydrogen (secondary N) is 1. The second-order valence-electron chi connectivity index (χ2n) is 6.46. The molecular weight excluding hydrogens is 370 g/mol. The monoisotopic (exact) mass is 393 g/mol. The average molecular weight is 394 g/mol. The zero-order valence-electron chi connectivity index (χ0n) is 14.9. The molecule has 2 aromatic rings. The number of thioether (sulfide) groups is 1. The predicted molar refractivity (Wildman–Crippen MR) is 104 cm³/mol. The molecule has 0 bridgehead atoms. The van der Waals surface area contributed by atoms with E-state index in [-0.39, 0.29) is 23.5 Å². The zero-order chi connectivity index (χ0) is 18.7. The first-order chi connectivity index (χ1) is 12.4. The Hall–Kier alpha value is -1.80. The van der Waals surface area contributed by atoms with Crippen LogP contribution in [0.15, 0.2) is 35.2 Å². The van der Waals surface area contributed by atoms with E-state index in [9.17, 15) is 13.2 Å². The van der Waals surface area contributed by atoms with Crippen molar-refractivity contribution in [2.24, 2.45) is 0 Å². The molecule has 0 saturated carbocycles. The van der Waals surface area contributed by atoms with Gasteiger partial charge in [0.05, 0.1) is 28.8 Å². The Morgan fingerprint density at radius 2 is 2.04 bits per heavy atom. The van der Waals surface area contributed by atoms with Crippen LogP contribution in [0.25, 0.3) is 0 Å². The summed E-state index contributed by atoms with van der Waals surface area (Å²) in [5.41, 5.74) is 1.93. The smallest absolute Gasteiger partial charge is 0.255 e. The first-order valence-electron chi connectivity index (χ1n) is 8.59. The molecule has 1 aromatic carbocycles. The third-order valence-electron chi connectivity index (χ3n) is 4.51. The van der Waals surface area contributed by atoms with Gasteiger partial charge < -0.3 is 5.32 Å². The van der Waals surface area contributed by atoms with Gasteiger partial charge in [-0.05, 0) is 32.4 Å². The minimum absolute atomic E-state index is 0.101. The molecule has 1 saturated heterocycles. The molecule has 1 N–H and O–H groups in total. The van der Waals surface area contributed by atoms with Crippen molar-refractivity contribution in [1.29, 1.82) is 0 Å². The molecular formula is C18H23N3O3S2. The number of aryl methyl sites for hydroxylation is 1. The maximum atomic E-state index is 12.6. The second-order valence-corrected chi connectivity index (χ2v) is 9.86. The summed E-state index contributed by atoms with van der Waals surface area (Å²) in [6, 6.07) is 9.87. The summed E-state index contributed by atoms with van der Waals surface area (Å²) in [5.74, 6) is 0.918. The highest BCUT2D eigenvalue weighted by molar-refractivity contribution is 7.99. The van der Waals surface area contributed by atoms with Gasteiger partial charge >= 0.3 is 0 Å². The fraction of sp³-hybridized carbons (Fsp3) is 0.444. The lowest BCUT2D eigenvalue weighted by atomic mass is 10.1. The average Bonchev–Trinajstić information content (AvgIpc) is 3.11. The maximum absolute atomic E-state index is 12.6. The van der Waals surface area contributed by atoms with Gasteiger partial charge in [-0.3, -0.25) is 9.48 Å². The van der Waals surface area contributed by atoms with E-state index in [1.54, 1.807) is 23.4 Å². The van der Waals surface area contributed by atoms with Crippen LogP contribution in [-0.4, -0.2) is 47.9 Å². The first-order valence-corrected chi connectivity index (χ1v) is 11.4. The molecule has 140 valence electrons. The molecule has 26 heavy (non-hydrogen) atoms. The number of aromatic nitrogens is 2. The van der Waals surface area contributed by atoms with Gasteiger partial charge in [0.1, 0.15) is 0 Å². The van der Waals surface area contributed by atoms with E-state index < -0.39 is 9.84 Å². The highest BCUT2D eigenvalue weighted by Gasteiger charge is 2.32. The second kappa shape index (κ2) is 7.84. The molecule has 0 radical (unpaired) electrons. The van der Waals surface area contributed by atoms with Crippen LogP contribution in [0.4, 0.5) is 0 Å². The number of carbonyl (C=O) groups excluding carboxylic acids is 1. The number of rotatable bonds is 6. The summed E-state index contributed by atoms with van der Waals surface area (Å²) in [5, 5.41) is 7.38. The third-order valence-corrected chi connectivity index (χ3v) is 7.27. The quantitative estimate of drug-likeness (QED) is 0.602. The van der Waals surface area contributed by atoms with Crippen molar-refractivity contribution in [3.63, 3.8) is 0 Å². The van der Waals surface area contributed by atoms with E-state index in [1.807, 2.05) is 37.3 Å². The van der Waals surface area contributed by atoms with Crippen LogP contribution >= 0.6 is 11.8 Å². The van der Waals surface area contributed by atoms with Gasteiger partial charge in [0.2, 0.25) is 0 Å². The summed E-state index contributed by atoms with van der Waals surface area (Å²) >= 11 is 1.69. The third kappa shape index (κ3) is 4.29. The fourth-order valence-corrected chi connectivity index (χ4v) is 5.74. The van der Waals surface area contributed by atoms with Crippen LogP contribution in [0.2, 0.25) is 0 Å². The van der Waals surface area contributed by atoms with Gasteiger partial charge in [0, 0.05) is 22.9 Å². The van der Waals surface area contributed by atoms with Crippen molar-refractivity contribution in [2.45, 2.75) is 31.2 Å². The maximum Gasteiger partial charge on any atom is 0.255 e. The Bertz CT molecular complexity index is 892. The number of carbonyl (C=O) groups is 1. The summed E-state index contributed by atoms with van der Waals surface area (Å²) < 4.78 is 25.2. The highest BCUT2D eigenvalue weighted by Crippen LogP contribution is 2.26. The van der Waals surface area contributed by atoms with Crippen LogP contribution in [0.5, 0.6) is 0 Å². The molecule has 1 amide bonds. The van der Waals surface area contributed by atoms with Crippen molar-refractivity contribution in [3.05, 3.63) is 47.3 Å². The summed E-state index contributed by atoms with van der Waals surface area (Å²) in [6.07, 6.45) is 0.555. The van der Waals surface area contributed by atoms with Crippen molar-refractivity contribution in [3.8, 4) is 0 Å². The van der Waals surface area contributed by atoms with Gasteiger partial charge in [-0.1, -0.05) is 18.2 Å². The Morgan fingerprint density at radius 3 is 2.69 bits per heavy atom. The molecule has 8 heteroatoms. The van der Waals surface area contributed by atoms with Gasteiger partial charge in [-0.2, -0.15) is 5.10 Å². The largest absolute Gasteiger partial charge is 0.351 e. The summed E-state index contributed by atoms with van der Waals surface area (Å²) in [6.45, 7) is 4.18. The lowest BCUT2D eigenvalue weighted by Crippen LogP contribution is -2.27. The van der Waals surface area contributed by atoms with Crippen LogP contribution in [-0.2, 0) is 9.84 Å². The van der Waals surface area contributed by atoms with Gasteiger partial charge in [0.25, 0.3) is 5.91 Å². The summed E-state index contributed by atoms with van der Waals surface area (Å²) in [4.78, 5) is 13.7. The van der Waals surface area contributed by atoms with Gasteiger partial charge in [-0.15, -0.1) is 11.8 Å². The van der Waals surface area contributed by atoms with Crippen molar-refractivity contribution in [2.75, 3.05) is 23.8 Å². The van der Waals surface area contributed by atoms with E-state index >= 15 is 0 Å². The molecule has 1 aromatic heterocycles. The van der Waals surface area contributed by atoms with E-state index in [2.05, 4.69) is 10.4 Å². The van der Waals surface area contributed by atoms with Crippen molar-refractivity contribution < 1.29 is 13.2 Å². The molecule has 1 fully saturated rings. The lowest BCUT2D eigenvalue weighted by molar-refractivity contribution is 0.0955. The number of hydrogen-bond donors (Lipinski definition) is 1. The van der Waals surface area contributed by atoms with Crippen LogP contribution in [0.1, 0.15) is 34.2 Å². The molecule has 1 atom stereocenters. The van der Waals surface area contributed by atoms with Crippen molar-refractivity contribution >= 4 is 27.5 Å². The molecule has 6 nitrogen and oxygen atoms in total. The van der Waals surface area contributed by atoms with E-state index in [0.717, 1.165) is 11.4 Å². The summed E-state index contributed by atoms with van der Waals surface area (Å²) in [7, 11) is -2.99. The molecule has 0 unspecified atom stereocenters. The minimum atomic E-state index is -2.99. The topological polar surface area (TPSA) is 81.1 Å². The number of amides is 1. The molecule has 1 aliphatic rings. The van der Waals surface area contributed by atoms with E-state index in [4.69, 9.17) is 0 Å². The van der Waals surface area contributed by atoms with Crippen LogP contribution < -0.4 is 5.32 Å². The Morgan fingerprint density at radius 1 is 1.31 bits per heavy atom. The highest BCUT2D eigenvalue weighted by atomic mass is 32.2. The van der Waals surface area contributed by atoms with Crippen molar-refractivity contribution in [1.82, 2.24) is 15.1 Å². The van der Waals surface area contributed by atoms with Crippen LogP contribution in [0, 0.1) is 13.8 Å².